The minimum Gasteiger partial charge on any atom is -0.492 e. The molecule has 0 saturated heterocycles. The Morgan fingerprint density at radius 3 is 2.18 bits per heavy atom. The van der Waals surface area contributed by atoms with Gasteiger partial charge in [0.25, 0.3) is 0 Å². The minimum absolute atomic E-state index is 0.292. The zero-order valence-electron chi connectivity index (χ0n) is 19.7. The van der Waals surface area contributed by atoms with Crippen LogP contribution >= 0.6 is 0 Å². The van der Waals surface area contributed by atoms with Gasteiger partial charge in [0.15, 0.2) is 0 Å². The first-order chi connectivity index (χ1) is 16.2. The van der Waals surface area contributed by atoms with E-state index in [-0.39, 0.29) is 6.09 Å². The fourth-order valence-corrected chi connectivity index (χ4v) is 3.43. The lowest BCUT2D eigenvalue weighted by atomic mass is 10.1. The maximum Gasteiger partial charge on any atom is 0.407 e. The van der Waals surface area contributed by atoms with Gasteiger partial charge in [0, 0.05) is 13.1 Å². The van der Waals surface area contributed by atoms with Gasteiger partial charge in [0.1, 0.15) is 19.0 Å². The molecule has 0 spiro atoms. The van der Waals surface area contributed by atoms with Crippen LogP contribution in [0.1, 0.15) is 36.8 Å². The maximum atomic E-state index is 11.8. The zero-order valence-corrected chi connectivity index (χ0v) is 19.7. The Labute approximate surface area is 198 Å². The van der Waals surface area contributed by atoms with Crippen molar-refractivity contribution in [2.24, 2.45) is 11.5 Å². The number of rotatable bonds is 17. The van der Waals surface area contributed by atoms with Gasteiger partial charge in [-0.1, -0.05) is 42.5 Å². The number of amides is 1. The molecule has 2 rings (SSSR count). The van der Waals surface area contributed by atoms with E-state index in [9.17, 15) is 4.79 Å². The van der Waals surface area contributed by atoms with Gasteiger partial charge in [-0.2, -0.15) is 0 Å². The molecule has 33 heavy (non-hydrogen) atoms. The molecule has 0 unspecified atom stereocenters. The van der Waals surface area contributed by atoms with E-state index in [4.69, 9.17) is 20.9 Å². The van der Waals surface area contributed by atoms with Crippen LogP contribution in [-0.2, 0) is 17.8 Å². The molecule has 5 N–H and O–H groups in total. The molecule has 0 aromatic heterocycles. The molecule has 0 heterocycles. The number of nitrogens with zero attached hydrogens (tertiary/aromatic N) is 1. The number of benzene rings is 2. The lowest BCUT2D eigenvalue weighted by Crippen LogP contribution is -2.32. The molecule has 7 heteroatoms. The summed E-state index contributed by atoms with van der Waals surface area (Å²) in [5.74, 6) is 0.888. The van der Waals surface area contributed by atoms with Crippen LogP contribution in [0.3, 0.4) is 0 Å². The van der Waals surface area contributed by atoms with Crippen molar-refractivity contribution in [1.82, 2.24) is 10.2 Å². The summed E-state index contributed by atoms with van der Waals surface area (Å²) in [4.78, 5) is 14.1. The Bertz CT molecular complexity index is 748. The number of ether oxygens (including phenoxy) is 2. The number of nitrogens with one attached hydrogen (secondary N) is 1. The summed E-state index contributed by atoms with van der Waals surface area (Å²) in [5.41, 5.74) is 13.5. The Hall–Kier alpha value is -2.61. The van der Waals surface area contributed by atoms with Crippen molar-refractivity contribution in [2.45, 2.75) is 38.7 Å². The van der Waals surface area contributed by atoms with Crippen LogP contribution in [0, 0.1) is 0 Å². The molecule has 2 aromatic rings. The zero-order chi connectivity index (χ0) is 23.6. The van der Waals surface area contributed by atoms with Crippen LogP contribution < -0.4 is 21.5 Å². The van der Waals surface area contributed by atoms with Crippen LogP contribution in [0.4, 0.5) is 4.79 Å². The first kappa shape index (κ1) is 26.6. The second kappa shape index (κ2) is 16.9. The summed E-state index contributed by atoms with van der Waals surface area (Å²) in [5, 5.41) is 2.81. The van der Waals surface area contributed by atoms with Crippen molar-refractivity contribution in [3.05, 3.63) is 65.7 Å². The van der Waals surface area contributed by atoms with Gasteiger partial charge in [0.2, 0.25) is 0 Å². The van der Waals surface area contributed by atoms with Gasteiger partial charge < -0.3 is 26.3 Å². The van der Waals surface area contributed by atoms with Crippen LogP contribution in [0.5, 0.6) is 5.75 Å². The van der Waals surface area contributed by atoms with Crippen LogP contribution in [0.15, 0.2) is 54.6 Å². The smallest absolute Gasteiger partial charge is 0.407 e. The summed E-state index contributed by atoms with van der Waals surface area (Å²) < 4.78 is 11.1. The third-order valence-corrected chi connectivity index (χ3v) is 5.33. The summed E-state index contributed by atoms with van der Waals surface area (Å²) >= 11 is 0. The predicted molar refractivity (Wildman–Crippen MR) is 133 cm³/mol. The molecule has 0 aliphatic heterocycles. The number of hydrogen-bond acceptors (Lipinski definition) is 6. The number of alkyl carbamates (subject to hydrolysis) is 1. The summed E-state index contributed by atoms with van der Waals surface area (Å²) in [7, 11) is 0. The van der Waals surface area contributed by atoms with E-state index in [1.807, 2.05) is 42.5 Å². The second-order valence-corrected chi connectivity index (χ2v) is 8.06. The SMILES string of the molecule is NCCCN(CCCN)CCOc1ccc(CCCCNC(=O)OCc2ccccc2)cc1. The fourth-order valence-electron chi connectivity index (χ4n) is 3.43. The number of hydrogen-bond donors (Lipinski definition) is 3. The van der Waals surface area contributed by atoms with Crippen LogP contribution in [0.25, 0.3) is 0 Å². The van der Waals surface area contributed by atoms with E-state index < -0.39 is 0 Å². The molecule has 0 saturated carbocycles. The van der Waals surface area contributed by atoms with Crippen LogP contribution in [0.2, 0.25) is 0 Å². The average molecular weight is 457 g/mol. The topological polar surface area (TPSA) is 103 Å². The Balaban J connectivity index is 1.55. The second-order valence-electron chi connectivity index (χ2n) is 8.06. The highest BCUT2D eigenvalue weighted by atomic mass is 16.5. The summed E-state index contributed by atoms with van der Waals surface area (Å²) in [6.07, 6.45) is 4.47. The Kier molecular flexibility index (Phi) is 13.7. The molecule has 182 valence electrons. The molecule has 0 aliphatic carbocycles. The van der Waals surface area contributed by atoms with Gasteiger partial charge in [-0.05, 0) is 81.5 Å². The van der Waals surface area contributed by atoms with Crippen molar-refractivity contribution in [3.8, 4) is 5.75 Å². The van der Waals surface area contributed by atoms with Gasteiger partial charge in [-0.25, -0.2) is 4.79 Å². The minimum atomic E-state index is -0.370. The van der Waals surface area contributed by atoms with Crippen molar-refractivity contribution in [3.63, 3.8) is 0 Å². The van der Waals surface area contributed by atoms with Crippen molar-refractivity contribution in [1.29, 1.82) is 0 Å². The van der Waals surface area contributed by atoms with E-state index in [0.29, 0.717) is 32.8 Å². The van der Waals surface area contributed by atoms with Gasteiger partial charge in [-0.3, -0.25) is 4.90 Å². The third kappa shape index (κ3) is 12.3. The van der Waals surface area contributed by atoms with Gasteiger partial charge >= 0.3 is 6.09 Å². The molecule has 0 radical (unpaired) electrons. The predicted octanol–water partition coefficient (Wildman–Crippen LogP) is 3.31. The Morgan fingerprint density at radius 1 is 0.818 bits per heavy atom. The molecule has 7 nitrogen and oxygen atoms in total. The lowest BCUT2D eigenvalue weighted by Gasteiger charge is -2.21. The van der Waals surface area contributed by atoms with E-state index in [1.165, 1.54) is 5.56 Å². The van der Waals surface area contributed by atoms with E-state index in [1.54, 1.807) is 0 Å². The maximum absolute atomic E-state index is 11.8. The normalized spacial score (nSPS) is 10.9. The number of aryl methyl sites for hydroxylation is 1. The number of unbranched alkanes of at least 4 members (excludes halogenated alkanes) is 1. The van der Waals surface area contributed by atoms with E-state index in [0.717, 1.165) is 63.1 Å². The first-order valence-electron chi connectivity index (χ1n) is 12.0. The molecule has 2 aromatic carbocycles. The van der Waals surface area contributed by atoms with E-state index >= 15 is 0 Å². The number of carbonyl (C=O) groups excluding carboxylic acids is 1. The van der Waals surface area contributed by atoms with Crippen molar-refractivity contribution >= 4 is 6.09 Å². The lowest BCUT2D eigenvalue weighted by molar-refractivity contribution is 0.139. The molecule has 0 aliphatic rings. The highest BCUT2D eigenvalue weighted by molar-refractivity contribution is 5.67. The third-order valence-electron chi connectivity index (χ3n) is 5.33. The van der Waals surface area contributed by atoms with E-state index in [2.05, 4.69) is 22.3 Å². The largest absolute Gasteiger partial charge is 0.492 e. The summed E-state index contributed by atoms with van der Waals surface area (Å²) in [6, 6.07) is 17.9. The average Bonchev–Trinajstić information content (AvgIpc) is 2.85. The Morgan fingerprint density at radius 2 is 1.52 bits per heavy atom. The molecule has 0 atom stereocenters. The van der Waals surface area contributed by atoms with Gasteiger partial charge in [0.05, 0.1) is 0 Å². The first-order valence-corrected chi connectivity index (χ1v) is 12.0. The molecular formula is C26H40N4O3. The molecular weight excluding hydrogens is 416 g/mol. The molecule has 0 fully saturated rings. The van der Waals surface area contributed by atoms with Crippen molar-refractivity contribution < 1.29 is 14.3 Å². The quantitative estimate of drug-likeness (QED) is 0.316. The van der Waals surface area contributed by atoms with Crippen molar-refractivity contribution in [2.75, 3.05) is 45.9 Å². The monoisotopic (exact) mass is 456 g/mol. The molecule has 1 amide bonds. The fraction of sp³-hybridized carbons (Fsp3) is 0.500. The van der Waals surface area contributed by atoms with Crippen LogP contribution in [-0.4, -0.2) is 56.9 Å². The van der Waals surface area contributed by atoms with Gasteiger partial charge in [-0.15, -0.1) is 0 Å². The standard InChI is InChI=1S/C26H40N4O3/c27-15-6-18-30(19-7-16-28)20-21-32-25-13-11-23(12-14-25)8-4-5-17-29-26(31)33-22-24-9-2-1-3-10-24/h1-3,9-14H,4-8,15-22,27-28H2,(H,29,31). The number of carbonyl (C=O) groups is 1. The molecule has 0 bridgehead atoms. The number of nitrogens with two attached hydrogens (primary N) is 2. The highest BCUT2D eigenvalue weighted by Gasteiger charge is 2.05. The highest BCUT2D eigenvalue weighted by Crippen LogP contribution is 2.14. The summed E-state index contributed by atoms with van der Waals surface area (Å²) in [6.45, 7) is 5.81.